The Hall–Kier alpha value is -4.13. The van der Waals surface area contributed by atoms with Crippen LogP contribution in [0, 0.1) is 22.7 Å². The molecule has 0 radical (unpaired) electrons. The van der Waals surface area contributed by atoms with Crippen molar-refractivity contribution in [2.24, 2.45) is 0 Å². The fourth-order valence-corrected chi connectivity index (χ4v) is 3.57. The number of amides is 1. The van der Waals surface area contributed by atoms with Gasteiger partial charge in [0.1, 0.15) is 11.8 Å². The van der Waals surface area contributed by atoms with Crippen molar-refractivity contribution in [1.82, 2.24) is 10.6 Å². The molecule has 1 unspecified atom stereocenters. The average molecular weight is 422 g/mol. The van der Waals surface area contributed by atoms with Gasteiger partial charge in [0, 0.05) is 19.5 Å². The number of nitrogens with one attached hydrogen (secondary N) is 2. The van der Waals surface area contributed by atoms with Gasteiger partial charge in [0.25, 0.3) is 5.91 Å². The van der Waals surface area contributed by atoms with Crippen molar-refractivity contribution >= 4 is 5.91 Å². The summed E-state index contributed by atoms with van der Waals surface area (Å²) < 4.78 is 5.97. The van der Waals surface area contributed by atoms with Crippen LogP contribution in [0.3, 0.4) is 0 Å². The number of rotatable bonds is 7. The Kier molecular flexibility index (Phi) is 6.17. The van der Waals surface area contributed by atoms with Crippen LogP contribution in [0.25, 0.3) is 11.1 Å². The van der Waals surface area contributed by atoms with E-state index in [9.17, 15) is 10.1 Å². The van der Waals surface area contributed by atoms with Crippen LogP contribution in [0.4, 0.5) is 0 Å². The number of carbonyl (C=O) groups excluding carboxylic acids is 1. The minimum absolute atomic E-state index is 0.291. The van der Waals surface area contributed by atoms with Gasteiger partial charge >= 0.3 is 0 Å². The predicted molar refractivity (Wildman–Crippen MR) is 121 cm³/mol. The van der Waals surface area contributed by atoms with E-state index in [1.165, 1.54) is 0 Å². The van der Waals surface area contributed by atoms with Crippen molar-refractivity contribution in [3.8, 4) is 29.0 Å². The molecule has 0 aliphatic carbocycles. The molecule has 1 heterocycles. The number of ether oxygens (including phenoxy) is 1. The molecule has 0 aromatic heterocycles. The Bertz CT molecular complexity index is 1160. The standard InChI is InChI=1S/C26H22N4O2/c27-15-20-8-12-22(13-9-20)21-10-6-19(7-11-21)14-23(16-28)30-25(31)26(17-29-18-26)32-24-4-2-1-3-5-24/h1-13,23,29H,14,17-18H2,(H,30,31). The van der Waals surface area contributed by atoms with Gasteiger partial charge < -0.3 is 15.4 Å². The summed E-state index contributed by atoms with van der Waals surface area (Å²) in [4.78, 5) is 13.0. The van der Waals surface area contributed by atoms with Crippen molar-refractivity contribution in [1.29, 1.82) is 10.5 Å². The molecule has 1 atom stereocenters. The first-order chi connectivity index (χ1) is 15.6. The highest BCUT2D eigenvalue weighted by Crippen LogP contribution is 2.23. The molecule has 1 aliphatic heterocycles. The van der Waals surface area contributed by atoms with Crippen LogP contribution < -0.4 is 15.4 Å². The minimum Gasteiger partial charge on any atom is -0.475 e. The molecule has 1 fully saturated rings. The Balaban J connectivity index is 1.40. The molecule has 1 amide bonds. The lowest BCUT2D eigenvalue weighted by Gasteiger charge is -2.41. The third-order valence-corrected chi connectivity index (χ3v) is 5.49. The van der Waals surface area contributed by atoms with E-state index in [1.54, 1.807) is 12.1 Å². The van der Waals surface area contributed by atoms with Crippen molar-refractivity contribution in [3.05, 3.63) is 90.0 Å². The van der Waals surface area contributed by atoms with Gasteiger partial charge in [-0.05, 0) is 41.0 Å². The maximum Gasteiger partial charge on any atom is 0.267 e. The van der Waals surface area contributed by atoms with Crippen molar-refractivity contribution in [3.63, 3.8) is 0 Å². The number of carbonyl (C=O) groups is 1. The first-order valence-corrected chi connectivity index (χ1v) is 10.4. The lowest BCUT2D eigenvalue weighted by atomic mass is 9.94. The number of hydrogen-bond donors (Lipinski definition) is 2. The molecule has 6 nitrogen and oxygen atoms in total. The summed E-state index contributed by atoms with van der Waals surface area (Å²) in [5.41, 5.74) is 2.59. The molecule has 1 saturated heterocycles. The average Bonchev–Trinajstić information content (AvgIpc) is 2.82. The number of nitrogens with zero attached hydrogens (tertiary/aromatic N) is 2. The Morgan fingerprint density at radius 2 is 1.59 bits per heavy atom. The van der Waals surface area contributed by atoms with Crippen molar-refractivity contribution in [2.75, 3.05) is 13.1 Å². The van der Waals surface area contributed by atoms with E-state index in [-0.39, 0.29) is 5.91 Å². The maximum absolute atomic E-state index is 13.0. The maximum atomic E-state index is 13.0. The van der Waals surface area contributed by atoms with Crippen LogP contribution in [0.1, 0.15) is 11.1 Å². The smallest absolute Gasteiger partial charge is 0.267 e. The van der Waals surface area contributed by atoms with E-state index >= 15 is 0 Å². The first kappa shape index (κ1) is 21.1. The third kappa shape index (κ3) is 4.62. The van der Waals surface area contributed by atoms with Gasteiger partial charge in [0.05, 0.1) is 17.7 Å². The van der Waals surface area contributed by atoms with Gasteiger partial charge in [0.2, 0.25) is 5.60 Å². The van der Waals surface area contributed by atoms with Crippen LogP contribution in [0.2, 0.25) is 0 Å². The van der Waals surface area contributed by atoms with Gasteiger partial charge in [-0.15, -0.1) is 0 Å². The van der Waals surface area contributed by atoms with E-state index in [4.69, 9.17) is 10.00 Å². The van der Waals surface area contributed by atoms with Gasteiger partial charge in [-0.3, -0.25) is 4.79 Å². The van der Waals surface area contributed by atoms with Crippen LogP contribution in [0.5, 0.6) is 5.75 Å². The van der Waals surface area contributed by atoms with E-state index in [1.807, 2.05) is 66.7 Å². The van der Waals surface area contributed by atoms with E-state index < -0.39 is 11.6 Å². The highest BCUT2D eigenvalue weighted by Gasteiger charge is 2.47. The molecule has 2 N–H and O–H groups in total. The molecule has 1 aliphatic rings. The number of para-hydroxylation sites is 1. The predicted octanol–water partition coefficient (Wildman–Crippen LogP) is 3.20. The zero-order chi connectivity index (χ0) is 22.4. The molecule has 32 heavy (non-hydrogen) atoms. The molecule has 3 aromatic carbocycles. The van der Waals surface area contributed by atoms with E-state index in [0.717, 1.165) is 16.7 Å². The Morgan fingerprint density at radius 3 is 2.12 bits per heavy atom. The van der Waals surface area contributed by atoms with Crippen LogP contribution >= 0.6 is 0 Å². The van der Waals surface area contributed by atoms with Crippen LogP contribution in [0.15, 0.2) is 78.9 Å². The molecular formula is C26H22N4O2. The lowest BCUT2D eigenvalue weighted by Crippen LogP contribution is -2.71. The first-order valence-electron chi connectivity index (χ1n) is 10.4. The summed E-state index contributed by atoms with van der Waals surface area (Å²) in [7, 11) is 0. The summed E-state index contributed by atoms with van der Waals surface area (Å²) in [6, 6.07) is 28.1. The van der Waals surface area contributed by atoms with Gasteiger partial charge in [0.15, 0.2) is 0 Å². The SMILES string of the molecule is N#Cc1ccc(-c2ccc(CC(C#N)NC(=O)C3(Oc4ccccc4)CNC3)cc2)cc1. The Morgan fingerprint density at radius 1 is 0.969 bits per heavy atom. The quantitative estimate of drug-likeness (QED) is 0.609. The number of hydrogen-bond acceptors (Lipinski definition) is 5. The molecule has 0 spiro atoms. The second kappa shape index (κ2) is 9.34. The summed E-state index contributed by atoms with van der Waals surface area (Å²) in [6.45, 7) is 0.788. The van der Waals surface area contributed by atoms with Crippen LogP contribution in [-0.2, 0) is 11.2 Å². The van der Waals surface area contributed by atoms with Crippen molar-refractivity contribution < 1.29 is 9.53 Å². The highest BCUT2D eigenvalue weighted by atomic mass is 16.5. The monoisotopic (exact) mass is 422 g/mol. The number of nitriles is 2. The molecule has 6 heteroatoms. The van der Waals surface area contributed by atoms with Gasteiger partial charge in [-0.2, -0.15) is 10.5 Å². The summed E-state index contributed by atoms with van der Waals surface area (Å²) in [6.07, 6.45) is 0.394. The molecule has 4 rings (SSSR count). The summed E-state index contributed by atoms with van der Waals surface area (Å²) in [5, 5.41) is 24.5. The Labute approximate surface area is 187 Å². The van der Waals surface area contributed by atoms with Gasteiger partial charge in [-0.25, -0.2) is 0 Å². The van der Waals surface area contributed by atoms with Crippen molar-refractivity contribution in [2.45, 2.75) is 18.1 Å². The fraction of sp³-hybridized carbons (Fsp3) is 0.192. The topological polar surface area (TPSA) is 97.9 Å². The highest BCUT2D eigenvalue weighted by molar-refractivity contribution is 5.88. The summed E-state index contributed by atoms with van der Waals surface area (Å²) in [5.74, 6) is 0.330. The minimum atomic E-state index is -1.00. The number of benzene rings is 3. The van der Waals surface area contributed by atoms with Gasteiger partial charge in [-0.1, -0.05) is 54.6 Å². The van der Waals surface area contributed by atoms with E-state index in [0.29, 0.717) is 30.8 Å². The third-order valence-electron chi connectivity index (χ3n) is 5.49. The molecule has 158 valence electrons. The second-order valence-electron chi connectivity index (χ2n) is 7.76. The molecule has 0 bridgehead atoms. The second-order valence-corrected chi connectivity index (χ2v) is 7.76. The largest absolute Gasteiger partial charge is 0.475 e. The van der Waals surface area contributed by atoms with E-state index in [2.05, 4.69) is 22.8 Å². The molecule has 0 saturated carbocycles. The molecule has 3 aromatic rings. The fourth-order valence-electron chi connectivity index (χ4n) is 3.57. The normalized spacial score (nSPS) is 14.8. The van der Waals surface area contributed by atoms with Crippen LogP contribution in [-0.4, -0.2) is 30.6 Å². The summed E-state index contributed by atoms with van der Waals surface area (Å²) >= 11 is 0. The zero-order valence-corrected chi connectivity index (χ0v) is 17.4. The lowest BCUT2D eigenvalue weighted by molar-refractivity contribution is -0.141. The molecular weight excluding hydrogens is 400 g/mol. The zero-order valence-electron chi connectivity index (χ0n) is 17.4.